The fourth-order valence-corrected chi connectivity index (χ4v) is 3.04. The zero-order valence-corrected chi connectivity index (χ0v) is 15.0. The van der Waals surface area contributed by atoms with Gasteiger partial charge in [-0.1, -0.05) is 29.9 Å². The highest BCUT2D eigenvalue weighted by atomic mass is 16.5. The molecule has 0 bridgehead atoms. The third kappa shape index (κ3) is 3.64. The van der Waals surface area contributed by atoms with Crippen LogP contribution in [-0.2, 0) is 11.8 Å². The van der Waals surface area contributed by atoms with Crippen molar-refractivity contribution in [1.29, 1.82) is 0 Å². The van der Waals surface area contributed by atoms with Crippen LogP contribution >= 0.6 is 0 Å². The van der Waals surface area contributed by atoms with Gasteiger partial charge in [0.15, 0.2) is 11.3 Å². The lowest BCUT2D eigenvalue weighted by molar-refractivity contribution is 0.0832. The number of imidazole rings is 1. The number of allylic oxidation sites excluding steroid dienone is 5. The van der Waals surface area contributed by atoms with Crippen molar-refractivity contribution in [1.82, 2.24) is 19.2 Å². The molecule has 25 heavy (non-hydrogen) atoms. The van der Waals surface area contributed by atoms with Gasteiger partial charge in [0.25, 0.3) is 5.56 Å². The molecule has 0 N–H and O–H groups in total. The SMILES string of the molecule is C\C=C/C(C)=C\C=C\c1nn2c(C3CCOCC3)ncc2c(=O)n1C. The summed E-state index contributed by atoms with van der Waals surface area (Å²) in [6, 6.07) is 0. The molecule has 0 radical (unpaired) electrons. The molecule has 3 rings (SSSR count). The maximum absolute atomic E-state index is 12.6. The summed E-state index contributed by atoms with van der Waals surface area (Å²) in [7, 11) is 1.73. The van der Waals surface area contributed by atoms with E-state index in [-0.39, 0.29) is 11.5 Å². The lowest BCUT2D eigenvalue weighted by Gasteiger charge is -2.20. The third-order valence-corrected chi connectivity index (χ3v) is 4.45. The molecule has 0 atom stereocenters. The summed E-state index contributed by atoms with van der Waals surface area (Å²) < 4.78 is 8.69. The van der Waals surface area contributed by atoms with Crippen molar-refractivity contribution in [3.8, 4) is 0 Å². The van der Waals surface area contributed by atoms with Gasteiger partial charge in [-0.3, -0.25) is 9.36 Å². The van der Waals surface area contributed by atoms with Crippen LogP contribution in [0.2, 0.25) is 0 Å². The van der Waals surface area contributed by atoms with Crippen molar-refractivity contribution in [3.05, 3.63) is 58.1 Å². The van der Waals surface area contributed by atoms with Crippen molar-refractivity contribution >= 4 is 11.6 Å². The molecular weight excluding hydrogens is 316 g/mol. The minimum absolute atomic E-state index is 0.0883. The van der Waals surface area contributed by atoms with Gasteiger partial charge in [-0.05, 0) is 32.8 Å². The second-order valence-corrected chi connectivity index (χ2v) is 6.29. The van der Waals surface area contributed by atoms with E-state index >= 15 is 0 Å². The fourth-order valence-electron chi connectivity index (χ4n) is 3.04. The molecule has 1 aliphatic heterocycles. The minimum atomic E-state index is -0.0883. The van der Waals surface area contributed by atoms with Crippen LogP contribution in [0.4, 0.5) is 0 Å². The van der Waals surface area contributed by atoms with Crippen LogP contribution in [0, 0.1) is 0 Å². The summed E-state index contributed by atoms with van der Waals surface area (Å²) in [6.07, 6.45) is 13.2. The predicted octanol–water partition coefficient (Wildman–Crippen LogP) is 2.86. The van der Waals surface area contributed by atoms with E-state index in [1.54, 1.807) is 22.3 Å². The Labute approximate surface area is 147 Å². The number of rotatable bonds is 4. The molecule has 3 heterocycles. The maximum atomic E-state index is 12.6. The molecule has 1 saturated heterocycles. The Kier molecular flexibility index (Phi) is 5.28. The number of nitrogens with zero attached hydrogens (tertiary/aromatic N) is 4. The highest BCUT2D eigenvalue weighted by Gasteiger charge is 2.22. The van der Waals surface area contributed by atoms with Crippen molar-refractivity contribution < 1.29 is 4.74 Å². The molecule has 0 aromatic carbocycles. The lowest BCUT2D eigenvalue weighted by Crippen LogP contribution is -2.25. The average Bonchev–Trinajstić information content (AvgIpc) is 3.04. The summed E-state index contributed by atoms with van der Waals surface area (Å²) in [4.78, 5) is 17.1. The van der Waals surface area contributed by atoms with E-state index in [4.69, 9.17) is 4.74 Å². The molecular formula is C19H24N4O2. The summed E-state index contributed by atoms with van der Waals surface area (Å²) in [5, 5.41) is 4.66. The van der Waals surface area contributed by atoms with Gasteiger partial charge >= 0.3 is 0 Å². The van der Waals surface area contributed by atoms with Gasteiger partial charge in [0, 0.05) is 26.2 Å². The number of hydrogen-bond donors (Lipinski definition) is 0. The predicted molar refractivity (Wildman–Crippen MR) is 98.6 cm³/mol. The van der Waals surface area contributed by atoms with Gasteiger partial charge in [-0.15, -0.1) is 5.10 Å². The molecule has 0 unspecified atom stereocenters. The molecule has 132 valence electrons. The second-order valence-electron chi connectivity index (χ2n) is 6.29. The summed E-state index contributed by atoms with van der Waals surface area (Å²) in [5.74, 6) is 1.74. The number of fused-ring (bicyclic) bond motifs is 1. The van der Waals surface area contributed by atoms with E-state index in [2.05, 4.69) is 10.1 Å². The fraction of sp³-hybridized carbons (Fsp3) is 0.421. The Bertz CT molecular complexity index is 896. The maximum Gasteiger partial charge on any atom is 0.279 e. The largest absolute Gasteiger partial charge is 0.381 e. The molecule has 0 amide bonds. The first-order chi connectivity index (χ1) is 12.1. The molecule has 0 aliphatic carbocycles. The smallest absolute Gasteiger partial charge is 0.279 e. The molecule has 0 saturated carbocycles. The van der Waals surface area contributed by atoms with Crippen molar-refractivity contribution in [2.24, 2.45) is 7.05 Å². The van der Waals surface area contributed by atoms with Crippen LogP contribution in [0.1, 0.15) is 44.3 Å². The normalized spacial score (nSPS) is 17.3. The highest BCUT2D eigenvalue weighted by Crippen LogP contribution is 2.25. The number of aromatic nitrogens is 4. The quantitative estimate of drug-likeness (QED) is 0.803. The number of hydrogen-bond acceptors (Lipinski definition) is 4. The van der Waals surface area contributed by atoms with Gasteiger partial charge in [0.1, 0.15) is 5.82 Å². The summed E-state index contributed by atoms with van der Waals surface area (Å²) in [5.41, 5.74) is 1.56. The van der Waals surface area contributed by atoms with Crippen molar-refractivity contribution in [2.45, 2.75) is 32.6 Å². The topological polar surface area (TPSA) is 61.4 Å². The Morgan fingerprint density at radius 2 is 2.12 bits per heavy atom. The van der Waals surface area contributed by atoms with Crippen LogP contribution in [-0.4, -0.2) is 32.4 Å². The Balaban J connectivity index is 2.01. The van der Waals surface area contributed by atoms with Gasteiger partial charge in [0.05, 0.1) is 6.20 Å². The van der Waals surface area contributed by atoms with Crippen LogP contribution in [0.15, 0.2) is 40.9 Å². The average molecular weight is 340 g/mol. The Morgan fingerprint density at radius 3 is 2.84 bits per heavy atom. The molecule has 2 aromatic rings. The Morgan fingerprint density at radius 1 is 1.36 bits per heavy atom. The summed E-state index contributed by atoms with van der Waals surface area (Å²) in [6.45, 7) is 5.47. The third-order valence-electron chi connectivity index (χ3n) is 4.45. The van der Waals surface area contributed by atoms with E-state index in [0.29, 0.717) is 11.3 Å². The Hall–Kier alpha value is -2.47. The van der Waals surface area contributed by atoms with Gasteiger partial charge in [-0.25, -0.2) is 9.50 Å². The zero-order valence-electron chi connectivity index (χ0n) is 15.0. The van der Waals surface area contributed by atoms with E-state index < -0.39 is 0 Å². The molecule has 2 aromatic heterocycles. The van der Waals surface area contributed by atoms with E-state index in [9.17, 15) is 4.79 Å². The first-order valence-electron chi connectivity index (χ1n) is 8.62. The second kappa shape index (κ2) is 7.61. The van der Waals surface area contributed by atoms with Gasteiger partial charge < -0.3 is 4.74 Å². The van der Waals surface area contributed by atoms with Crippen LogP contribution in [0.5, 0.6) is 0 Å². The first kappa shape index (κ1) is 17.4. The van der Waals surface area contributed by atoms with E-state index in [1.165, 1.54) is 0 Å². The van der Waals surface area contributed by atoms with E-state index in [0.717, 1.165) is 37.5 Å². The highest BCUT2D eigenvalue weighted by molar-refractivity contribution is 5.49. The zero-order chi connectivity index (χ0) is 17.8. The summed E-state index contributed by atoms with van der Waals surface area (Å²) >= 11 is 0. The van der Waals surface area contributed by atoms with Crippen LogP contribution < -0.4 is 5.56 Å². The van der Waals surface area contributed by atoms with Crippen LogP contribution in [0.3, 0.4) is 0 Å². The van der Waals surface area contributed by atoms with Gasteiger partial charge in [0.2, 0.25) is 0 Å². The molecule has 1 fully saturated rings. The molecule has 1 aliphatic rings. The first-order valence-corrected chi connectivity index (χ1v) is 8.62. The van der Waals surface area contributed by atoms with Crippen molar-refractivity contribution in [2.75, 3.05) is 13.2 Å². The molecule has 6 nitrogen and oxygen atoms in total. The molecule has 0 spiro atoms. The standard InChI is InChI=1S/C19H24N4O2/c1-4-6-14(2)7-5-8-17-21-23-16(19(24)22(17)3)13-20-18(23)15-9-11-25-12-10-15/h4-8,13,15H,9-12H2,1-3H3/b6-4-,8-5+,14-7-. The monoisotopic (exact) mass is 340 g/mol. The van der Waals surface area contributed by atoms with Crippen molar-refractivity contribution in [3.63, 3.8) is 0 Å². The van der Waals surface area contributed by atoms with Crippen LogP contribution in [0.25, 0.3) is 11.6 Å². The minimum Gasteiger partial charge on any atom is -0.381 e. The lowest BCUT2D eigenvalue weighted by atomic mass is 10.00. The van der Waals surface area contributed by atoms with Gasteiger partial charge in [-0.2, -0.15) is 0 Å². The number of ether oxygens (including phenoxy) is 1. The van der Waals surface area contributed by atoms with E-state index in [1.807, 2.05) is 44.2 Å². The molecule has 6 heteroatoms.